The lowest BCUT2D eigenvalue weighted by atomic mass is 10.1. The first-order chi connectivity index (χ1) is 7.76. The molecule has 1 aliphatic rings. The molecule has 0 saturated heterocycles. The maximum absolute atomic E-state index is 13.3. The molecule has 0 amide bonds. The highest BCUT2D eigenvalue weighted by Crippen LogP contribution is 2.64. The normalized spacial score (nSPS) is 31.4. The standard InChI is InChI=1S/C13H12BrClF2/c1-6(2)10-11(13(10,3)15)7-4-8(14)12(17)9(16)5-7/h4-5,10-11H,1H2,2-3H3. The summed E-state index contributed by atoms with van der Waals surface area (Å²) in [4.78, 5) is -0.449. The number of halogens is 4. The molecule has 1 saturated carbocycles. The fourth-order valence-corrected chi connectivity index (χ4v) is 3.48. The van der Waals surface area contributed by atoms with Crippen LogP contribution in [0.15, 0.2) is 28.8 Å². The third kappa shape index (κ3) is 2.04. The summed E-state index contributed by atoms with van der Waals surface area (Å²) in [5.74, 6) is -1.61. The van der Waals surface area contributed by atoms with E-state index in [-0.39, 0.29) is 16.3 Å². The van der Waals surface area contributed by atoms with Gasteiger partial charge in [-0.2, -0.15) is 0 Å². The van der Waals surface area contributed by atoms with Crippen LogP contribution in [0.1, 0.15) is 25.3 Å². The van der Waals surface area contributed by atoms with Crippen molar-refractivity contribution >= 4 is 27.5 Å². The highest BCUT2D eigenvalue weighted by Gasteiger charge is 2.61. The van der Waals surface area contributed by atoms with Crippen LogP contribution in [-0.2, 0) is 0 Å². The van der Waals surface area contributed by atoms with Crippen LogP contribution in [0, 0.1) is 17.6 Å². The summed E-state index contributed by atoms with van der Waals surface area (Å²) in [6.45, 7) is 7.69. The van der Waals surface area contributed by atoms with Crippen molar-refractivity contribution in [1.82, 2.24) is 0 Å². The molecular weight excluding hydrogens is 309 g/mol. The zero-order valence-corrected chi connectivity index (χ0v) is 11.9. The molecule has 1 aliphatic carbocycles. The predicted molar refractivity (Wildman–Crippen MR) is 69.4 cm³/mol. The van der Waals surface area contributed by atoms with E-state index in [4.69, 9.17) is 11.6 Å². The van der Waals surface area contributed by atoms with Crippen molar-refractivity contribution in [2.45, 2.75) is 24.6 Å². The van der Waals surface area contributed by atoms with E-state index >= 15 is 0 Å². The topological polar surface area (TPSA) is 0 Å². The Balaban J connectivity index is 2.41. The highest BCUT2D eigenvalue weighted by atomic mass is 79.9. The number of allylic oxidation sites excluding steroid dienone is 1. The van der Waals surface area contributed by atoms with Gasteiger partial charge in [-0.15, -0.1) is 11.6 Å². The molecule has 0 bridgehead atoms. The Labute approximate surface area is 113 Å². The molecule has 0 heterocycles. The number of benzene rings is 1. The summed E-state index contributed by atoms with van der Waals surface area (Å²) in [7, 11) is 0. The van der Waals surface area contributed by atoms with Crippen LogP contribution in [-0.4, -0.2) is 4.87 Å². The number of hydrogen-bond donors (Lipinski definition) is 0. The molecule has 0 N–H and O–H groups in total. The minimum absolute atomic E-state index is 0.00642. The molecule has 3 unspecified atom stereocenters. The molecule has 0 aliphatic heterocycles. The first kappa shape index (κ1) is 13.0. The van der Waals surface area contributed by atoms with Gasteiger partial charge in [0.15, 0.2) is 11.6 Å². The molecule has 0 radical (unpaired) electrons. The van der Waals surface area contributed by atoms with Crippen molar-refractivity contribution in [1.29, 1.82) is 0 Å². The van der Waals surface area contributed by atoms with E-state index in [1.807, 2.05) is 13.8 Å². The maximum atomic E-state index is 13.3. The lowest BCUT2D eigenvalue weighted by Gasteiger charge is -2.04. The van der Waals surface area contributed by atoms with E-state index in [0.717, 1.165) is 5.57 Å². The lowest BCUT2D eigenvalue weighted by molar-refractivity contribution is 0.502. The summed E-state index contributed by atoms with van der Waals surface area (Å²) in [6.07, 6.45) is 0. The molecule has 2 rings (SSSR count). The van der Waals surface area contributed by atoms with Gasteiger partial charge in [0.2, 0.25) is 0 Å². The monoisotopic (exact) mass is 320 g/mol. The zero-order valence-electron chi connectivity index (χ0n) is 9.53. The molecule has 17 heavy (non-hydrogen) atoms. The Morgan fingerprint density at radius 2 is 2.06 bits per heavy atom. The molecule has 0 aromatic heterocycles. The average Bonchev–Trinajstić information content (AvgIpc) is 2.77. The molecule has 0 nitrogen and oxygen atoms in total. The summed E-state index contributed by atoms with van der Waals surface area (Å²) in [5, 5.41) is 0. The number of hydrogen-bond acceptors (Lipinski definition) is 0. The van der Waals surface area contributed by atoms with Gasteiger partial charge < -0.3 is 0 Å². The van der Waals surface area contributed by atoms with Gasteiger partial charge in [0.25, 0.3) is 0 Å². The summed E-state index contributed by atoms with van der Waals surface area (Å²) >= 11 is 9.36. The minimum Gasteiger partial charge on any atom is -0.204 e. The van der Waals surface area contributed by atoms with Gasteiger partial charge in [-0.25, -0.2) is 8.78 Å². The summed E-state index contributed by atoms with van der Waals surface area (Å²) in [5.41, 5.74) is 1.68. The quantitative estimate of drug-likeness (QED) is 0.408. The van der Waals surface area contributed by atoms with Crippen molar-refractivity contribution in [2.75, 3.05) is 0 Å². The van der Waals surface area contributed by atoms with Crippen molar-refractivity contribution in [3.05, 3.63) is 46.0 Å². The molecule has 1 aromatic carbocycles. The van der Waals surface area contributed by atoms with E-state index in [1.54, 1.807) is 6.07 Å². The minimum atomic E-state index is -0.863. The van der Waals surface area contributed by atoms with E-state index in [1.165, 1.54) is 6.07 Å². The van der Waals surface area contributed by atoms with Crippen molar-refractivity contribution in [2.24, 2.45) is 5.92 Å². The number of alkyl halides is 1. The van der Waals surface area contributed by atoms with Crippen LogP contribution in [0.5, 0.6) is 0 Å². The van der Waals surface area contributed by atoms with Gasteiger partial charge in [-0.05, 0) is 47.5 Å². The van der Waals surface area contributed by atoms with Gasteiger partial charge >= 0.3 is 0 Å². The van der Waals surface area contributed by atoms with Crippen LogP contribution in [0.4, 0.5) is 8.78 Å². The first-order valence-corrected chi connectivity index (χ1v) is 6.42. The molecule has 1 fully saturated rings. The molecule has 1 aromatic rings. The average molecular weight is 322 g/mol. The van der Waals surface area contributed by atoms with E-state index in [0.29, 0.717) is 5.56 Å². The van der Waals surface area contributed by atoms with Crippen LogP contribution in [0.2, 0.25) is 0 Å². The Bertz CT molecular complexity index is 473. The summed E-state index contributed by atoms with van der Waals surface area (Å²) < 4.78 is 26.6. The lowest BCUT2D eigenvalue weighted by Crippen LogP contribution is -1.97. The Morgan fingerprint density at radius 1 is 1.47 bits per heavy atom. The van der Waals surface area contributed by atoms with Crippen molar-refractivity contribution in [3.63, 3.8) is 0 Å². The first-order valence-electron chi connectivity index (χ1n) is 5.25. The van der Waals surface area contributed by atoms with Gasteiger partial charge in [-0.1, -0.05) is 12.2 Å². The molecule has 3 atom stereocenters. The smallest absolute Gasteiger partial charge is 0.172 e. The molecular formula is C13H12BrClF2. The van der Waals surface area contributed by atoms with E-state index in [2.05, 4.69) is 22.5 Å². The van der Waals surface area contributed by atoms with Crippen molar-refractivity contribution < 1.29 is 8.78 Å². The second-order valence-corrected chi connectivity index (χ2v) is 6.42. The second kappa shape index (κ2) is 4.06. The Kier molecular flexibility index (Phi) is 3.11. The molecule has 4 heteroatoms. The number of rotatable bonds is 2. The fourth-order valence-electron chi connectivity index (χ4n) is 2.52. The zero-order chi connectivity index (χ0) is 13.0. The van der Waals surface area contributed by atoms with E-state index in [9.17, 15) is 8.78 Å². The van der Waals surface area contributed by atoms with Crippen LogP contribution in [0.3, 0.4) is 0 Å². The summed E-state index contributed by atoms with van der Waals surface area (Å²) in [6, 6.07) is 2.81. The van der Waals surface area contributed by atoms with E-state index < -0.39 is 16.5 Å². The third-order valence-electron chi connectivity index (χ3n) is 3.34. The predicted octanol–water partition coefficient (Wildman–Crippen LogP) is 5.01. The van der Waals surface area contributed by atoms with Crippen LogP contribution in [0.25, 0.3) is 0 Å². The van der Waals surface area contributed by atoms with Gasteiger partial charge in [0.1, 0.15) is 0 Å². The van der Waals surface area contributed by atoms with Crippen LogP contribution < -0.4 is 0 Å². The molecule has 0 spiro atoms. The van der Waals surface area contributed by atoms with Gasteiger partial charge in [0, 0.05) is 11.8 Å². The SMILES string of the molecule is C=C(C)C1C(c2cc(F)c(F)c(Br)c2)C1(C)Cl. The Morgan fingerprint density at radius 3 is 2.47 bits per heavy atom. The second-order valence-electron chi connectivity index (χ2n) is 4.75. The van der Waals surface area contributed by atoms with Gasteiger partial charge in [0.05, 0.1) is 9.35 Å². The highest BCUT2D eigenvalue weighted by molar-refractivity contribution is 9.10. The molecule has 92 valence electrons. The Hall–Kier alpha value is -0.410. The third-order valence-corrected chi connectivity index (χ3v) is 4.38. The van der Waals surface area contributed by atoms with Crippen LogP contribution >= 0.6 is 27.5 Å². The largest absolute Gasteiger partial charge is 0.204 e. The maximum Gasteiger partial charge on any atom is 0.172 e. The van der Waals surface area contributed by atoms with Gasteiger partial charge in [-0.3, -0.25) is 0 Å². The fraction of sp³-hybridized carbons (Fsp3) is 0.385. The van der Waals surface area contributed by atoms with Crippen molar-refractivity contribution in [3.8, 4) is 0 Å².